The van der Waals surface area contributed by atoms with E-state index in [1.807, 2.05) is 26.8 Å². The van der Waals surface area contributed by atoms with E-state index in [2.05, 4.69) is 24.3 Å². The van der Waals surface area contributed by atoms with Crippen molar-refractivity contribution in [2.75, 3.05) is 0 Å². The highest BCUT2D eigenvalue weighted by Crippen LogP contribution is 2.23. The first-order chi connectivity index (χ1) is 9.76. The van der Waals surface area contributed by atoms with E-state index in [1.165, 1.54) is 6.08 Å². The van der Waals surface area contributed by atoms with E-state index in [4.69, 9.17) is 16.9 Å². The fraction of sp³-hybridized carbons (Fsp3) is 0.533. The van der Waals surface area contributed by atoms with Gasteiger partial charge in [-0.3, -0.25) is 9.48 Å². The van der Waals surface area contributed by atoms with Gasteiger partial charge < -0.3 is 5.32 Å². The lowest BCUT2D eigenvalue weighted by Crippen LogP contribution is -2.30. The van der Waals surface area contributed by atoms with Crippen molar-refractivity contribution in [3.63, 3.8) is 0 Å². The van der Waals surface area contributed by atoms with E-state index in [9.17, 15) is 4.79 Å². The number of nitrogens with zero attached hydrogens (tertiary/aromatic N) is 3. The molecule has 5 nitrogen and oxygen atoms in total. The number of nitriles is 1. The van der Waals surface area contributed by atoms with Gasteiger partial charge in [0, 0.05) is 18.2 Å². The van der Waals surface area contributed by atoms with Crippen molar-refractivity contribution in [1.82, 2.24) is 15.1 Å². The number of carbonyl (C=O) groups is 1. The molecule has 0 unspecified atom stereocenters. The van der Waals surface area contributed by atoms with Gasteiger partial charge in [0.25, 0.3) is 5.91 Å². The predicted molar refractivity (Wildman–Crippen MR) is 83.7 cm³/mol. The Bertz CT molecular complexity index is 594. The van der Waals surface area contributed by atoms with Crippen molar-refractivity contribution in [3.8, 4) is 6.07 Å². The molecule has 0 bridgehead atoms. The van der Waals surface area contributed by atoms with Crippen LogP contribution in [0.5, 0.6) is 0 Å². The van der Waals surface area contributed by atoms with Gasteiger partial charge in [-0.15, -0.1) is 0 Å². The maximum absolute atomic E-state index is 11.9. The Morgan fingerprint density at radius 1 is 1.48 bits per heavy atom. The molecule has 0 aromatic carbocycles. The highest BCUT2D eigenvalue weighted by Gasteiger charge is 2.16. The fourth-order valence-electron chi connectivity index (χ4n) is 1.83. The molecule has 114 valence electrons. The van der Waals surface area contributed by atoms with Crippen molar-refractivity contribution in [2.45, 2.75) is 47.2 Å². The van der Waals surface area contributed by atoms with Crippen molar-refractivity contribution in [1.29, 1.82) is 5.26 Å². The molecule has 21 heavy (non-hydrogen) atoms. The third-order valence-corrected chi connectivity index (χ3v) is 3.12. The minimum Gasteiger partial charge on any atom is -0.349 e. The largest absolute Gasteiger partial charge is 0.349 e. The summed E-state index contributed by atoms with van der Waals surface area (Å²) in [6, 6.07) is 1.88. The van der Waals surface area contributed by atoms with Crippen LogP contribution >= 0.6 is 11.6 Å². The van der Waals surface area contributed by atoms with Crippen LogP contribution in [0.1, 0.15) is 39.0 Å². The number of amides is 1. The summed E-state index contributed by atoms with van der Waals surface area (Å²) in [5.74, 6) is -0.00196. The number of rotatable bonds is 5. The average molecular weight is 309 g/mol. The number of hydrogen-bond donors (Lipinski definition) is 1. The van der Waals surface area contributed by atoms with Crippen LogP contribution in [0, 0.1) is 24.2 Å². The van der Waals surface area contributed by atoms with Gasteiger partial charge in [-0.1, -0.05) is 25.4 Å². The van der Waals surface area contributed by atoms with Crippen molar-refractivity contribution < 1.29 is 4.79 Å². The maximum Gasteiger partial charge on any atom is 0.262 e. The van der Waals surface area contributed by atoms with Gasteiger partial charge in [-0.05, 0) is 32.8 Å². The molecule has 1 amide bonds. The summed E-state index contributed by atoms with van der Waals surface area (Å²) in [4.78, 5) is 11.9. The van der Waals surface area contributed by atoms with E-state index in [-0.39, 0.29) is 11.6 Å². The molecule has 0 aliphatic carbocycles. The van der Waals surface area contributed by atoms with Gasteiger partial charge in [0.15, 0.2) is 0 Å². The fourth-order valence-corrected chi connectivity index (χ4v) is 2.13. The second-order valence-corrected chi connectivity index (χ2v) is 6.02. The molecule has 1 aromatic heterocycles. The molecule has 0 atom stereocenters. The molecule has 0 radical (unpaired) electrons. The highest BCUT2D eigenvalue weighted by atomic mass is 35.5. The third-order valence-electron chi connectivity index (χ3n) is 2.72. The summed E-state index contributed by atoms with van der Waals surface area (Å²) >= 11 is 6.30. The van der Waals surface area contributed by atoms with Crippen LogP contribution in [0.15, 0.2) is 5.57 Å². The van der Waals surface area contributed by atoms with Crippen molar-refractivity contribution >= 4 is 23.6 Å². The first-order valence-corrected chi connectivity index (χ1v) is 7.29. The zero-order chi connectivity index (χ0) is 16.2. The van der Waals surface area contributed by atoms with E-state index in [0.29, 0.717) is 28.9 Å². The molecule has 1 heterocycles. The number of carbonyl (C=O) groups excluding carboxylic acids is 1. The third kappa shape index (κ3) is 4.61. The standard InChI is InChI=1S/C15H21ClN4O/c1-9(2)8-20-14(16)13(11(5)19-20)6-12(7-17)15(21)18-10(3)4/h6,9-10H,8H2,1-5H3,(H,18,21)/b12-6+. The lowest BCUT2D eigenvalue weighted by Gasteiger charge is -2.07. The Labute approximate surface area is 130 Å². The number of halogens is 1. The smallest absolute Gasteiger partial charge is 0.262 e. The molecule has 0 aliphatic heterocycles. The first-order valence-electron chi connectivity index (χ1n) is 6.91. The zero-order valence-corrected chi connectivity index (χ0v) is 13.8. The Morgan fingerprint density at radius 3 is 2.57 bits per heavy atom. The Kier molecular flexibility index (Phi) is 5.98. The molecule has 1 N–H and O–H groups in total. The van der Waals surface area contributed by atoms with Crippen LogP contribution in [0.3, 0.4) is 0 Å². The van der Waals surface area contributed by atoms with E-state index < -0.39 is 5.91 Å². The van der Waals surface area contributed by atoms with Crippen LogP contribution in [-0.4, -0.2) is 21.7 Å². The number of aryl methyl sites for hydroxylation is 1. The second kappa shape index (κ2) is 7.28. The number of aromatic nitrogens is 2. The molecule has 0 aliphatic rings. The Balaban J connectivity index is 3.15. The molecule has 0 fully saturated rings. The molecular formula is C15H21ClN4O. The Hall–Kier alpha value is -1.80. The predicted octanol–water partition coefficient (Wildman–Crippen LogP) is 2.93. The molecule has 0 spiro atoms. The molecule has 0 saturated carbocycles. The molecule has 1 rings (SSSR count). The lowest BCUT2D eigenvalue weighted by molar-refractivity contribution is -0.117. The average Bonchev–Trinajstić information content (AvgIpc) is 2.60. The summed E-state index contributed by atoms with van der Waals surface area (Å²) in [6.07, 6.45) is 1.50. The normalized spacial score (nSPS) is 11.9. The summed E-state index contributed by atoms with van der Waals surface area (Å²) in [6.45, 7) is 10.3. The monoisotopic (exact) mass is 308 g/mol. The van der Waals surface area contributed by atoms with Gasteiger partial charge in [-0.2, -0.15) is 10.4 Å². The minimum absolute atomic E-state index is 0.0257. The molecule has 0 saturated heterocycles. The zero-order valence-electron chi connectivity index (χ0n) is 13.1. The summed E-state index contributed by atoms with van der Waals surface area (Å²) in [7, 11) is 0. The van der Waals surface area contributed by atoms with Gasteiger partial charge in [0.2, 0.25) is 0 Å². The Morgan fingerprint density at radius 2 is 2.10 bits per heavy atom. The summed E-state index contributed by atoms with van der Waals surface area (Å²) < 4.78 is 1.70. The summed E-state index contributed by atoms with van der Waals surface area (Å²) in [5, 5.41) is 16.7. The first kappa shape index (κ1) is 17.3. The molecule has 6 heteroatoms. The van der Waals surface area contributed by atoms with Crippen molar-refractivity contribution in [3.05, 3.63) is 22.0 Å². The second-order valence-electron chi connectivity index (χ2n) is 5.66. The van der Waals surface area contributed by atoms with Crippen LogP contribution in [0.4, 0.5) is 0 Å². The lowest BCUT2D eigenvalue weighted by atomic mass is 10.1. The number of nitrogens with one attached hydrogen (secondary N) is 1. The van der Waals surface area contributed by atoms with Crippen LogP contribution in [0.25, 0.3) is 6.08 Å². The number of hydrogen-bond acceptors (Lipinski definition) is 3. The molecule has 1 aromatic rings. The van der Waals surface area contributed by atoms with Crippen LogP contribution in [-0.2, 0) is 11.3 Å². The molecular weight excluding hydrogens is 288 g/mol. The van der Waals surface area contributed by atoms with Crippen molar-refractivity contribution in [2.24, 2.45) is 5.92 Å². The SMILES string of the molecule is Cc1nn(CC(C)C)c(Cl)c1/C=C(\C#N)C(=O)NC(C)C. The quantitative estimate of drug-likeness (QED) is 0.671. The maximum atomic E-state index is 11.9. The van der Waals surface area contributed by atoms with Gasteiger partial charge in [-0.25, -0.2) is 0 Å². The van der Waals surface area contributed by atoms with Gasteiger partial charge >= 0.3 is 0 Å². The highest BCUT2D eigenvalue weighted by molar-refractivity contribution is 6.31. The van der Waals surface area contributed by atoms with E-state index in [0.717, 1.165) is 0 Å². The topological polar surface area (TPSA) is 70.7 Å². The van der Waals surface area contributed by atoms with Gasteiger partial charge in [0.1, 0.15) is 16.8 Å². The van der Waals surface area contributed by atoms with E-state index in [1.54, 1.807) is 4.68 Å². The van der Waals surface area contributed by atoms with Crippen LogP contribution < -0.4 is 5.32 Å². The van der Waals surface area contributed by atoms with Crippen LogP contribution in [0.2, 0.25) is 5.15 Å². The van der Waals surface area contributed by atoms with E-state index >= 15 is 0 Å². The van der Waals surface area contributed by atoms with Gasteiger partial charge in [0.05, 0.1) is 5.69 Å². The minimum atomic E-state index is -0.403. The summed E-state index contributed by atoms with van der Waals surface area (Å²) in [5.41, 5.74) is 1.34.